The highest BCUT2D eigenvalue weighted by Crippen LogP contribution is 2.04. The normalized spacial score (nSPS) is 14.4. The van der Waals surface area contributed by atoms with Gasteiger partial charge >= 0.3 is 0 Å². The van der Waals surface area contributed by atoms with Gasteiger partial charge in [0.2, 0.25) is 10.0 Å². The maximum Gasteiger partial charge on any atom is 0.241 e. The smallest absolute Gasteiger partial charge is 0.241 e. The van der Waals surface area contributed by atoms with Gasteiger partial charge in [-0.25, -0.2) is 13.6 Å². The Labute approximate surface area is 76.0 Å². The highest BCUT2D eigenvalue weighted by molar-refractivity contribution is 7.89. The molecule has 0 bridgehead atoms. The van der Waals surface area contributed by atoms with Crippen molar-refractivity contribution in [2.75, 3.05) is 0 Å². The summed E-state index contributed by atoms with van der Waals surface area (Å²) in [6, 6.07) is 0. The second kappa shape index (κ2) is 3.44. The third kappa shape index (κ3) is 2.79. The van der Waals surface area contributed by atoms with Crippen molar-refractivity contribution in [3.05, 3.63) is 12.4 Å². The third-order valence-corrected chi connectivity index (χ3v) is 2.26. The molecule has 1 aromatic heterocycles. The van der Waals surface area contributed by atoms with E-state index in [0.717, 1.165) is 6.20 Å². The number of nitrogens with zero attached hydrogens (tertiary/aromatic N) is 2. The zero-order chi connectivity index (χ0) is 10.1. The van der Waals surface area contributed by atoms with Crippen LogP contribution in [0.3, 0.4) is 0 Å². The van der Waals surface area contributed by atoms with Gasteiger partial charge in [-0.1, -0.05) is 0 Å². The van der Waals surface area contributed by atoms with E-state index in [0.29, 0.717) is 0 Å². The summed E-state index contributed by atoms with van der Waals surface area (Å²) in [7, 11) is -3.68. The molecule has 0 aliphatic heterocycles. The van der Waals surface area contributed by atoms with Gasteiger partial charge in [-0.3, -0.25) is 4.68 Å². The number of aromatic nitrogens is 2. The van der Waals surface area contributed by atoms with Crippen molar-refractivity contribution in [3.63, 3.8) is 0 Å². The Bertz CT molecular complexity index is 382. The molecule has 13 heavy (non-hydrogen) atoms. The van der Waals surface area contributed by atoms with Crippen LogP contribution in [0.1, 0.15) is 6.92 Å². The van der Waals surface area contributed by atoms with Gasteiger partial charge in [0.15, 0.2) is 0 Å². The van der Waals surface area contributed by atoms with Crippen molar-refractivity contribution in [1.29, 1.82) is 0 Å². The summed E-state index contributed by atoms with van der Waals surface area (Å²) in [6.07, 6.45) is 1.85. The fraction of sp³-hybridized carbons (Fsp3) is 0.500. The molecule has 3 N–H and O–H groups in total. The van der Waals surface area contributed by atoms with Crippen LogP contribution in [0.15, 0.2) is 17.3 Å². The zero-order valence-electron chi connectivity index (χ0n) is 7.08. The van der Waals surface area contributed by atoms with Crippen LogP contribution in [0.5, 0.6) is 0 Å². The predicted molar refractivity (Wildman–Crippen MR) is 45.3 cm³/mol. The maximum atomic E-state index is 10.8. The first kappa shape index (κ1) is 10.2. The number of hydrogen-bond donors (Lipinski definition) is 2. The number of sulfonamides is 1. The largest absolute Gasteiger partial charge is 0.391 e. The van der Waals surface area contributed by atoms with E-state index in [-0.39, 0.29) is 11.4 Å². The molecular weight excluding hydrogens is 194 g/mol. The maximum absolute atomic E-state index is 10.8. The molecule has 0 unspecified atom stereocenters. The first-order valence-corrected chi connectivity index (χ1v) is 5.17. The lowest BCUT2D eigenvalue weighted by Crippen LogP contribution is -2.13. The molecule has 1 heterocycles. The van der Waals surface area contributed by atoms with Crippen molar-refractivity contribution >= 4 is 10.0 Å². The van der Waals surface area contributed by atoms with E-state index in [1.165, 1.54) is 10.9 Å². The van der Waals surface area contributed by atoms with Crippen LogP contribution in [0, 0.1) is 0 Å². The summed E-state index contributed by atoms with van der Waals surface area (Å²) < 4.78 is 22.9. The average Bonchev–Trinajstić information content (AvgIpc) is 2.32. The first-order chi connectivity index (χ1) is 5.89. The Morgan fingerprint density at radius 1 is 1.77 bits per heavy atom. The minimum absolute atomic E-state index is 0.0480. The highest BCUT2D eigenvalue weighted by Gasteiger charge is 2.10. The zero-order valence-corrected chi connectivity index (χ0v) is 7.90. The van der Waals surface area contributed by atoms with E-state index in [1.54, 1.807) is 6.92 Å². The summed E-state index contributed by atoms with van der Waals surface area (Å²) >= 11 is 0. The van der Waals surface area contributed by atoms with Crippen LogP contribution in [-0.4, -0.2) is 29.4 Å². The number of rotatable bonds is 3. The quantitative estimate of drug-likeness (QED) is 0.655. The first-order valence-electron chi connectivity index (χ1n) is 3.63. The molecule has 7 heteroatoms. The standard InChI is InChI=1S/C6H11N3O3S/c1-5(10)3-9-4-6(2-8-9)13(7,11)12/h2,4-5,10H,3H2,1H3,(H2,7,11,12)/t5-/m1/s1. The van der Waals surface area contributed by atoms with E-state index in [2.05, 4.69) is 5.10 Å². The van der Waals surface area contributed by atoms with Crippen molar-refractivity contribution in [3.8, 4) is 0 Å². The molecule has 1 atom stereocenters. The van der Waals surface area contributed by atoms with Gasteiger partial charge in [0.05, 0.1) is 18.8 Å². The summed E-state index contributed by atoms with van der Waals surface area (Å²) in [6.45, 7) is 1.83. The summed E-state index contributed by atoms with van der Waals surface area (Å²) in [5, 5.41) is 17.6. The van der Waals surface area contributed by atoms with Crippen LogP contribution >= 0.6 is 0 Å². The van der Waals surface area contributed by atoms with Crippen LogP contribution < -0.4 is 5.14 Å². The van der Waals surface area contributed by atoms with Gasteiger partial charge in [-0.05, 0) is 6.92 Å². The van der Waals surface area contributed by atoms with Gasteiger partial charge in [-0.2, -0.15) is 5.10 Å². The third-order valence-electron chi connectivity index (χ3n) is 1.39. The van der Waals surface area contributed by atoms with Gasteiger partial charge in [0.25, 0.3) is 0 Å². The van der Waals surface area contributed by atoms with Crippen LogP contribution in [0.25, 0.3) is 0 Å². The van der Waals surface area contributed by atoms with Gasteiger partial charge < -0.3 is 5.11 Å². The number of nitrogens with two attached hydrogens (primary N) is 1. The number of hydrogen-bond acceptors (Lipinski definition) is 4. The average molecular weight is 205 g/mol. The fourth-order valence-electron chi connectivity index (χ4n) is 0.862. The molecule has 6 nitrogen and oxygen atoms in total. The van der Waals surface area contributed by atoms with Gasteiger partial charge in [0.1, 0.15) is 4.90 Å². The Kier molecular flexibility index (Phi) is 2.69. The highest BCUT2D eigenvalue weighted by atomic mass is 32.2. The summed E-state index contributed by atoms with van der Waals surface area (Å²) in [5.74, 6) is 0. The molecule has 0 amide bonds. The molecule has 0 radical (unpaired) electrons. The van der Waals surface area contributed by atoms with E-state index < -0.39 is 16.1 Å². The Morgan fingerprint density at radius 2 is 2.38 bits per heavy atom. The minimum atomic E-state index is -3.68. The molecule has 74 valence electrons. The number of aliphatic hydroxyl groups excluding tert-OH is 1. The van der Waals surface area contributed by atoms with Crippen LogP contribution in [-0.2, 0) is 16.6 Å². The van der Waals surface area contributed by atoms with E-state index in [4.69, 9.17) is 10.2 Å². The van der Waals surface area contributed by atoms with Crippen molar-refractivity contribution in [2.45, 2.75) is 24.5 Å². The van der Waals surface area contributed by atoms with Crippen molar-refractivity contribution < 1.29 is 13.5 Å². The van der Waals surface area contributed by atoms with E-state index >= 15 is 0 Å². The molecule has 0 saturated carbocycles. The molecule has 1 aromatic rings. The van der Waals surface area contributed by atoms with Crippen molar-refractivity contribution in [2.24, 2.45) is 5.14 Å². The number of primary sulfonamides is 1. The monoisotopic (exact) mass is 205 g/mol. The molecule has 0 spiro atoms. The lowest BCUT2D eigenvalue weighted by molar-refractivity contribution is 0.168. The second-order valence-corrected chi connectivity index (χ2v) is 4.35. The van der Waals surface area contributed by atoms with Gasteiger partial charge in [-0.15, -0.1) is 0 Å². The molecule has 0 aliphatic rings. The van der Waals surface area contributed by atoms with E-state index in [1.807, 2.05) is 0 Å². The molecule has 0 aromatic carbocycles. The molecule has 0 aliphatic carbocycles. The van der Waals surface area contributed by atoms with E-state index in [9.17, 15) is 8.42 Å². The Morgan fingerprint density at radius 3 is 2.77 bits per heavy atom. The topological polar surface area (TPSA) is 98.2 Å². The Balaban J connectivity index is 2.88. The molecule has 0 fully saturated rings. The lowest BCUT2D eigenvalue weighted by Gasteiger charge is -2.02. The molecular formula is C6H11N3O3S. The molecule has 0 saturated heterocycles. The van der Waals surface area contributed by atoms with Crippen LogP contribution in [0.4, 0.5) is 0 Å². The summed E-state index contributed by atoms with van der Waals surface area (Å²) in [5.41, 5.74) is 0. The predicted octanol–water partition coefficient (Wildman–Crippen LogP) is -1.09. The Hall–Kier alpha value is -0.920. The van der Waals surface area contributed by atoms with Crippen molar-refractivity contribution in [1.82, 2.24) is 9.78 Å². The summed E-state index contributed by atoms with van der Waals surface area (Å²) in [4.78, 5) is -0.0480. The number of aliphatic hydroxyl groups is 1. The second-order valence-electron chi connectivity index (χ2n) is 2.79. The SMILES string of the molecule is C[C@@H](O)Cn1cc(S(N)(=O)=O)cn1. The van der Waals surface area contributed by atoms with Gasteiger partial charge in [0, 0.05) is 6.20 Å². The molecule has 1 rings (SSSR count). The van der Waals surface area contributed by atoms with Crippen LogP contribution in [0.2, 0.25) is 0 Å². The minimum Gasteiger partial charge on any atom is -0.391 e. The lowest BCUT2D eigenvalue weighted by atomic mass is 10.4. The fourth-order valence-corrected chi connectivity index (χ4v) is 1.32.